The summed E-state index contributed by atoms with van der Waals surface area (Å²) in [6.07, 6.45) is 7.40. The van der Waals surface area contributed by atoms with E-state index in [0.717, 1.165) is 12.8 Å². The molecule has 0 N–H and O–H groups in total. The van der Waals surface area contributed by atoms with Gasteiger partial charge in [-0.05, 0) is 43.1 Å². The van der Waals surface area contributed by atoms with Crippen LogP contribution >= 0.6 is 0 Å². The summed E-state index contributed by atoms with van der Waals surface area (Å²) < 4.78 is 0. The molecule has 4 aromatic rings. The molecule has 5 rings (SSSR count). The first-order chi connectivity index (χ1) is 14.2. The number of hydrogen-bond donors (Lipinski definition) is 0. The van der Waals surface area contributed by atoms with E-state index >= 15 is 0 Å². The molecule has 0 heterocycles. The van der Waals surface area contributed by atoms with Gasteiger partial charge in [-0.3, -0.25) is 0 Å². The molecule has 0 amide bonds. The smallest absolute Gasteiger partial charge is 0 e. The van der Waals surface area contributed by atoms with Gasteiger partial charge >= 0.3 is 0 Å². The van der Waals surface area contributed by atoms with Crippen LogP contribution in [0.25, 0.3) is 10.8 Å². The van der Waals surface area contributed by atoms with Crippen molar-refractivity contribution in [3.05, 3.63) is 159 Å². The van der Waals surface area contributed by atoms with Gasteiger partial charge in [-0.25, -0.2) is 12.1 Å². The monoisotopic (exact) mass is 665 g/mol. The van der Waals surface area contributed by atoms with E-state index in [1.165, 1.54) is 47.6 Å². The predicted molar refractivity (Wildman–Crippen MR) is 171 cm³/mol. The zero-order valence-electron chi connectivity index (χ0n) is 25.3. The summed E-state index contributed by atoms with van der Waals surface area (Å²) in [7, 11) is 0. The Kier molecular flexibility index (Phi) is 25.9. The van der Waals surface area contributed by atoms with Crippen LogP contribution in [0.2, 0.25) is 0 Å². The van der Waals surface area contributed by atoms with E-state index in [9.17, 15) is 0 Å². The van der Waals surface area contributed by atoms with E-state index in [4.69, 9.17) is 0 Å². The first-order valence-electron chi connectivity index (χ1n) is 11.1. The Morgan fingerprint density at radius 1 is 0.730 bits per heavy atom. The van der Waals surface area contributed by atoms with Crippen molar-refractivity contribution in [3.8, 4) is 0 Å². The number of benzene rings is 2. The second kappa shape index (κ2) is 21.2. The van der Waals surface area contributed by atoms with Crippen molar-refractivity contribution in [2.45, 2.75) is 52.4 Å². The van der Waals surface area contributed by atoms with Crippen molar-refractivity contribution in [1.29, 1.82) is 0 Å². The van der Waals surface area contributed by atoms with Crippen molar-refractivity contribution >= 4 is 10.8 Å². The Balaban J connectivity index is -0.000000238. The molecule has 0 bridgehead atoms. The number of aryl methyl sites for hydroxylation is 2. The van der Waals surface area contributed by atoms with Crippen LogP contribution < -0.4 is 0 Å². The molecule has 4 aromatic carbocycles. The molecule has 0 saturated carbocycles. The first-order valence-corrected chi connectivity index (χ1v) is 11.1. The maximum absolute atomic E-state index is 2.51. The van der Waals surface area contributed by atoms with Crippen LogP contribution in [0.3, 0.4) is 0 Å². The molecule has 1 aliphatic carbocycles. The molecule has 0 radical (unpaired) electrons. The molecular formula is C36H53Hf-9. The van der Waals surface area contributed by atoms with Crippen molar-refractivity contribution in [2.24, 2.45) is 5.41 Å². The minimum absolute atomic E-state index is 0. The summed E-state index contributed by atoms with van der Waals surface area (Å²) in [6.45, 7) is 4.72. The number of hydrogen-bond acceptors (Lipinski definition) is 0. The molecule has 0 unspecified atom stereocenters. The van der Waals surface area contributed by atoms with Crippen LogP contribution in [0.15, 0.2) is 84.9 Å². The summed E-state index contributed by atoms with van der Waals surface area (Å²) in [4.78, 5) is 0. The van der Waals surface area contributed by atoms with Gasteiger partial charge in [0.2, 0.25) is 0 Å². The zero-order chi connectivity index (χ0) is 20.1. The fraction of sp³-hybridized carbons (Fsp3) is 0.250. The van der Waals surface area contributed by atoms with Gasteiger partial charge in [0.1, 0.15) is 0 Å². The second-order valence-electron chi connectivity index (χ2n) is 8.58. The minimum atomic E-state index is 0. The van der Waals surface area contributed by atoms with Crippen LogP contribution in [-0.2, 0) is 51.5 Å². The SMILES string of the molecule is CCC1(CC)Cc2cc3cc[c-](CCc4ccccc4)c3cc2C1.[CH3-].[CH3-].[CH3-].[CH3-].[CH3-].[CH3-].[CH3-].[Hf].c1cc[cH-]c1. The Morgan fingerprint density at radius 2 is 1.27 bits per heavy atom. The quantitative estimate of drug-likeness (QED) is 0.147. The van der Waals surface area contributed by atoms with Gasteiger partial charge < -0.3 is 52.0 Å². The summed E-state index contributed by atoms with van der Waals surface area (Å²) >= 11 is 0. The normalized spacial score (nSPS) is 11.3. The van der Waals surface area contributed by atoms with E-state index in [2.05, 4.69) is 68.4 Å². The number of rotatable bonds is 5. The summed E-state index contributed by atoms with van der Waals surface area (Å²) in [5.74, 6) is 0. The Hall–Kier alpha value is -1.73. The fourth-order valence-electron chi connectivity index (χ4n) is 4.82. The molecule has 210 valence electrons. The standard InChI is InChI=1S/C24H27.C5H5.7CH3.Hf/c1-3-24(4-2)16-21-14-20-13-12-19(23(20)15-22(21)17-24)11-10-18-8-6-5-7-9-18;1-2-4-5-3-1;;;;;;;;/h5-9,12-15H,3-4,10-11,16-17H2,1-2H3;1-5H;7*1H3;/q9*-1;. The van der Waals surface area contributed by atoms with Crippen LogP contribution in [0.4, 0.5) is 0 Å². The average molecular weight is 664 g/mol. The number of fused-ring (bicyclic) bond motifs is 2. The van der Waals surface area contributed by atoms with Crippen LogP contribution in [0, 0.1) is 57.4 Å². The topological polar surface area (TPSA) is 0 Å². The van der Waals surface area contributed by atoms with E-state index < -0.39 is 0 Å². The van der Waals surface area contributed by atoms with Gasteiger partial charge in [-0.2, -0.15) is 24.3 Å². The van der Waals surface area contributed by atoms with Gasteiger partial charge in [0, 0.05) is 25.8 Å². The fourth-order valence-corrected chi connectivity index (χ4v) is 4.82. The van der Waals surface area contributed by atoms with Crippen LogP contribution in [-0.4, -0.2) is 0 Å². The van der Waals surface area contributed by atoms with Gasteiger partial charge in [0.25, 0.3) is 0 Å². The maximum atomic E-state index is 2.51. The zero-order valence-corrected chi connectivity index (χ0v) is 28.9. The third-order valence-corrected chi connectivity index (χ3v) is 6.89. The predicted octanol–water partition coefficient (Wildman–Crippen LogP) is 10.8. The van der Waals surface area contributed by atoms with Gasteiger partial charge in [0.15, 0.2) is 0 Å². The van der Waals surface area contributed by atoms with Gasteiger partial charge in [0.05, 0.1) is 0 Å². The van der Waals surface area contributed by atoms with Crippen molar-refractivity contribution in [2.75, 3.05) is 0 Å². The molecule has 0 aliphatic heterocycles. The maximum Gasteiger partial charge on any atom is 0 e. The average Bonchev–Trinajstić information content (AvgIpc) is 3.52. The second-order valence-corrected chi connectivity index (χ2v) is 8.58. The van der Waals surface area contributed by atoms with E-state index in [1.807, 2.05) is 30.3 Å². The summed E-state index contributed by atoms with van der Waals surface area (Å²) in [5, 5.41) is 2.94. The molecule has 0 fully saturated rings. The molecule has 0 spiro atoms. The van der Waals surface area contributed by atoms with E-state index in [1.54, 1.807) is 11.1 Å². The summed E-state index contributed by atoms with van der Waals surface area (Å²) in [6, 6.07) is 30.5. The Morgan fingerprint density at radius 3 is 1.76 bits per heavy atom. The molecule has 37 heavy (non-hydrogen) atoms. The van der Waals surface area contributed by atoms with Crippen LogP contribution in [0.5, 0.6) is 0 Å². The van der Waals surface area contributed by atoms with Crippen molar-refractivity contribution < 1.29 is 25.8 Å². The Bertz CT molecular complexity index is 1000. The summed E-state index contributed by atoms with van der Waals surface area (Å²) in [5.41, 5.74) is 6.68. The first kappa shape index (κ1) is 45.2. The molecule has 0 saturated heterocycles. The molecule has 1 heteroatoms. The third kappa shape index (κ3) is 10.9. The van der Waals surface area contributed by atoms with E-state index in [0.29, 0.717) is 5.41 Å². The Labute approximate surface area is 252 Å². The molecule has 0 aromatic heterocycles. The molecule has 0 nitrogen and oxygen atoms in total. The van der Waals surface area contributed by atoms with Crippen molar-refractivity contribution in [3.63, 3.8) is 0 Å². The van der Waals surface area contributed by atoms with Crippen molar-refractivity contribution in [1.82, 2.24) is 0 Å². The van der Waals surface area contributed by atoms with Gasteiger partial charge in [-0.1, -0.05) is 61.7 Å². The van der Waals surface area contributed by atoms with Crippen LogP contribution in [0.1, 0.15) is 48.9 Å². The largest absolute Gasteiger partial charge is 0.358 e. The molecular weight excluding hydrogens is 611 g/mol. The third-order valence-electron chi connectivity index (χ3n) is 6.89. The van der Waals surface area contributed by atoms with Gasteiger partial charge in [-0.15, -0.1) is 34.5 Å². The molecule has 0 atom stereocenters. The van der Waals surface area contributed by atoms with E-state index in [-0.39, 0.29) is 77.8 Å². The minimum Gasteiger partial charge on any atom is -0.358 e. The molecule has 1 aliphatic rings.